The van der Waals surface area contributed by atoms with Gasteiger partial charge in [-0.3, -0.25) is 4.79 Å². The van der Waals surface area contributed by atoms with E-state index in [1.54, 1.807) is 0 Å². The fourth-order valence-electron chi connectivity index (χ4n) is 1.13. The molecule has 0 heterocycles. The van der Waals surface area contributed by atoms with Gasteiger partial charge in [0.15, 0.2) is 5.75 Å². The molecule has 18 heavy (non-hydrogen) atoms. The first-order valence-electron chi connectivity index (χ1n) is 4.49. The van der Waals surface area contributed by atoms with E-state index in [0.29, 0.717) is 6.07 Å². The van der Waals surface area contributed by atoms with E-state index in [2.05, 4.69) is 11.3 Å². The third kappa shape index (κ3) is 2.47. The highest BCUT2D eigenvalue weighted by molar-refractivity contribution is 6.40. The summed E-state index contributed by atoms with van der Waals surface area (Å²) in [4.78, 5) is 22.9. The van der Waals surface area contributed by atoms with Gasteiger partial charge in [0.25, 0.3) is 0 Å². The van der Waals surface area contributed by atoms with E-state index in [1.807, 2.05) is 0 Å². The van der Waals surface area contributed by atoms with E-state index < -0.39 is 44.5 Å². The third-order valence-electron chi connectivity index (χ3n) is 2.08. The lowest BCUT2D eigenvalue weighted by Gasteiger charge is -2.08. The molecule has 0 aliphatic carbocycles. The number of methoxy groups -OCH3 is 1. The Labute approximate surface area is 112 Å². The van der Waals surface area contributed by atoms with Crippen molar-refractivity contribution in [2.24, 2.45) is 0 Å². The van der Waals surface area contributed by atoms with Crippen molar-refractivity contribution in [1.82, 2.24) is 0 Å². The highest BCUT2D eigenvalue weighted by Crippen LogP contribution is 2.37. The van der Waals surface area contributed by atoms with Crippen molar-refractivity contribution in [2.75, 3.05) is 7.11 Å². The zero-order chi connectivity index (χ0) is 14.0. The second-order valence-electron chi connectivity index (χ2n) is 3.18. The number of esters is 1. The zero-order valence-electron chi connectivity index (χ0n) is 9.09. The molecule has 0 amide bonds. The fraction of sp³-hybridized carbons (Fsp3) is 0.0909. The molecule has 1 aromatic rings. The number of ether oxygens (including phenoxy) is 1. The lowest BCUT2D eigenvalue weighted by atomic mass is 10.0. The number of rotatable bonds is 3. The van der Waals surface area contributed by atoms with E-state index in [1.165, 1.54) is 0 Å². The standard InChI is InChI=1S/C11H7Cl2FO4/c1-4(11(17)18-2)9(15)5-3-6(14)8(13)10(16)7(5)12/h3,16H,1H2,2H3. The minimum absolute atomic E-state index is 0.425. The van der Waals surface area contributed by atoms with Gasteiger partial charge in [0.2, 0.25) is 5.78 Å². The van der Waals surface area contributed by atoms with Gasteiger partial charge in [-0.1, -0.05) is 29.8 Å². The van der Waals surface area contributed by atoms with E-state index >= 15 is 0 Å². The Morgan fingerprint density at radius 1 is 1.39 bits per heavy atom. The van der Waals surface area contributed by atoms with Gasteiger partial charge in [0.1, 0.15) is 16.4 Å². The fourth-order valence-corrected chi connectivity index (χ4v) is 1.57. The lowest BCUT2D eigenvalue weighted by Crippen LogP contribution is -2.14. The number of carbonyl (C=O) groups is 2. The van der Waals surface area contributed by atoms with Crippen molar-refractivity contribution in [3.63, 3.8) is 0 Å². The SMILES string of the molecule is C=C(C(=O)OC)C(=O)c1cc(F)c(Cl)c(O)c1Cl. The molecule has 0 aromatic heterocycles. The summed E-state index contributed by atoms with van der Waals surface area (Å²) in [5.74, 6) is -3.76. The van der Waals surface area contributed by atoms with E-state index in [4.69, 9.17) is 23.2 Å². The largest absolute Gasteiger partial charge is 0.505 e. The van der Waals surface area contributed by atoms with Crippen LogP contribution in [0.2, 0.25) is 10.0 Å². The van der Waals surface area contributed by atoms with E-state index in [9.17, 15) is 19.1 Å². The van der Waals surface area contributed by atoms with Crippen molar-refractivity contribution in [3.05, 3.63) is 39.6 Å². The summed E-state index contributed by atoms with van der Waals surface area (Å²) >= 11 is 11.0. The molecule has 0 unspecified atom stereocenters. The van der Waals surface area contributed by atoms with Crippen LogP contribution in [0.15, 0.2) is 18.2 Å². The highest BCUT2D eigenvalue weighted by atomic mass is 35.5. The Morgan fingerprint density at radius 3 is 2.44 bits per heavy atom. The molecule has 96 valence electrons. The number of halogens is 3. The second kappa shape index (κ2) is 5.37. The molecular weight excluding hydrogens is 286 g/mol. The summed E-state index contributed by atoms with van der Waals surface area (Å²) in [6.07, 6.45) is 0. The monoisotopic (exact) mass is 292 g/mol. The van der Waals surface area contributed by atoms with Crippen LogP contribution in [0.1, 0.15) is 10.4 Å². The van der Waals surface area contributed by atoms with Gasteiger partial charge in [0.05, 0.1) is 12.1 Å². The molecule has 0 bridgehead atoms. The second-order valence-corrected chi connectivity index (χ2v) is 3.94. The van der Waals surface area contributed by atoms with Crippen molar-refractivity contribution in [3.8, 4) is 5.75 Å². The van der Waals surface area contributed by atoms with Crippen LogP contribution in [0.3, 0.4) is 0 Å². The van der Waals surface area contributed by atoms with Crippen molar-refractivity contribution in [2.45, 2.75) is 0 Å². The van der Waals surface area contributed by atoms with Crippen LogP contribution >= 0.6 is 23.2 Å². The predicted molar refractivity (Wildman–Crippen MR) is 63.6 cm³/mol. The number of aromatic hydroxyl groups is 1. The average molecular weight is 293 g/mol. The summed E-state index contributed by atoms with van der Waals surface area (Å²) in [5, 5.41) is 8.32. The molecule has 0 spiro atoms. The zero-order valence-corrected chi connectivity index (χ0v) is 10.6. The number of hydrogen-bond donors (Lipinski definition) is 1. The van der Waals surface area contributed by atoms with E-state index in [-0.39, 0.29) is 0 Å². The van der Waals surface area contributed by atoms with Gasteiger partial charge < -0.3 is 9.84 Å². The first-order valence-corrected chi connectivity index (χ1v) is 5.25. The van der Waals surface area contributed by atoms with E-state index in [0.717, 1.165) is 7.11 Å². The molecule has 0 fully saturated rings. The number of carbonyl (C=O) groups excluding carboxylic acids is 2. The number of benzene rings is 1. The summed E-state index contributed by atoms with van der Waals surface area (Å²) in [6.45, 7) is 3.20. The van der Waals surface area contributed by atoms with Crippen LogP contribution in [0.5, 0.6) is 5.75 Å². The quantitative estimate of drug-likeness (QED) is 0.232. The molecule has 0 radical (unpaired) electrons. The molecule has 0 saturated heterocycles. The van der Waals surface area contributed by atoms with Gasteiger partial charge in [-0.15, -0.1) is 0 Å². The third-order valence-corrected chi connectivity index (χ3v) is 2.83. The topological polar surface area (TPSA) is 63.6 Å². The molecular formula is C11H7Cl2FO4. The number of hydrogen-bond acceptors (Lipinski definition) is 4. The van der Waals surface area contributed by atoms with Gasteiger partial charge in [-0.05, 0) is 6.07 Å². The van der Waals surface area contributed by atoms with Crippen LogP contribution in [0.25, 0.3) is 0 Å². The highest BCUT2D eigenvalue weighted by Gasteiger charge is 2.24. The summed E-state index contributed by atoms with van der Waals surface area (Å²) in [6, 6.07) is 0.709. The number of phenolic OH excluding ortho intramolecular Hbond substituents is 1. The number of phenols is 1. The molecule has 0 aliphatic rings. The van der Waals surface area contributed by atoms with Crippen molar-refractivity contribution < 1.29 is 23.8 Å². The van der Waals surface area contributed by atoms with Crippen molar-refractivity contribution >= 4 is 35.0 Å². The molecule has 0 atom stereocenters. The number of ketones is 1. The van der Waals surface area contributed by atoms with Gasteiger partial charge in [-0.25, -0.2) is 9.18 Å². The van der Waals surface area contributed by atoms with Crippen LogP contribution < -0.4 is 0 Å². The van der Waals surface area contributed by atoms with Gasteiger partial charge >= 0.3 is 5.97 Å². The smallest absolute Gasteiger partial charge is 0.341 e. The molecule has 7 heteroatoms. The minimum atomic E-state index is -1.04. The molecule has 0 aliphatic heterocycles. The maximum atomic E-state index is 13.3. The van der Waals surface area contributed by atoms with Gasteiger partial charge in [0, 0.05) is 5.56 Å². The Kier molecular flexibility index (Phi) is 4.32. The Morgan fingerprint density at radius 2 is 1.94 bits per heavy atom. The molecule has 4 nitrogen and oxygen atoms in total. The maximum Gasteiger partial charge on any atom is 0.341 e. The summed E-state index contributed by atoms with van der Waals surface area (Å²) < 4.78 is 17.6. The van der Waals surface area contributed by atoms with Crippen LogP contribution in [-0.4, -0.2) is 24.0 Å². The average Bonchev–Trinajstić information content (AvgIpc) is 2.37. The molecule has 0 saturated carbocycles. The van der Waals surface area contributed by atoms with Crippen LogP contribution in [-0.2, 0) is 9.53 Å². The molecule has 1 N–H and O–H groups in total. The van der Waals surface area contributed by atoms with Gasteiger partial charge in [-0.2, -0.15) is 0 Å². The first-order chi connectivity index (χ1) is 8.31. The summed E-state index contributed by atoms with van der Waals surface area (Å²) in [7, 11) is 1.06. The molecule has 1 aromatic carbocycles. The summed E-state index contributed by atoms with van der Waals surface area (Å²) in [5.41, 5.74) is -0.966. The lowest BCUT2D eigenvalue weighted by molar-refractivity contribution is -0.135. The molecule has 1 rings (SSSR count). The normalized spacial score (nSPS) is 10.0. The number of Topliss-reactive ketones (excluding diaryl/α,β-unsaturated/α-hetero) is 1. The Hall–Kier alpha value is -1.59. The Bertz CT molecular complexity index is 554. The van der Waals surface area contributed by atoms with Crippen LogP contribution in [0.4, 0.5) is 4.39 Å². The predicted octanol–water partition coefficient (Wildman–Crippen LogP) is 2.75. The minimum Gasteiger partial charge on any atom is -0.505 e. The Balaban J connectivity index is 3.31. The first kappa shape index (κ1) is 14.5. The van der Waals surface area contributed by atoms with Crippen LogP contribution in [0, 0.1) is 5.82 Å². The maximum absolute atomic E-state index is 13.3. The van der Waals surface area contributed by atoms with Crippen molar-refractivity contribution in [1.29, 1.82) is 0 Å².